The lowest BCUT2D eigenvalue weighted by Gasteiger charge is -2.15. The smallest absolute Gasteiger partial charge is 0.144 e. The summed E-state index contributed by atoms with van der Waals surface area (Å²) in [6.45, 7) is 4.66. The van der Waals surface area contributed by atoms with Gasteiger partial charge in [0.15, 0.2) is 0 Å². The topological polar surface area (TPSA) is 47.3 Å². The molecule has 0 bridgehead atoms. The summed E-state index contributed by atoms with van der Waals surface area (Å²) in [5.74, 6) is 0.712. The summed E-state index contributed by atoms with van der Waals surface area (Å²) in [5, 5.41) is 3.30. The highest BCUT2D eigenvalue weighted by molar-refractivity contribution is 7.16. The fourth-order valence-electron chi connectivity index (χ4n) is 1.68. The van der Waals surface area contributed by atoms with Crippen molar-refractivity contribution in [1.29, 1.82) is 0 Å². The maximum atomic E-state index is 6.09. The number of thiophene rings is 1. The number of nitrogens with two attached hydrogens (primary N) is 1. The minimum atomic E-state index is 0.105. The molecule has 1 aromatic heterocycles. The molecule has 0 fully saturated rings. The Morgan fingerprint density at radius 1 is 1.32 bits per heavy atom. The summed E-state index contributed by atoms with van der Waals surface area (Å²) >= 11 is 7.46. The highest BCUT2D eigenvalue weighted by Gasteiger charge is 2.07. The molecule has 2 aromatic rings. The van der Waals surface area contributed by atoms with E-state index in [4.69, 9.17) is 22.1 Å². The molecule has 102 valence electrons. The maximum Gasteiger partial charge on any atom is 0.144 e. The lowest BCUT2D eigenvalue weighted by atomic mass is 10.2. The first-order valence-electron chi connectivity index (χ1n) is 6.09. The summed E-state index contributed by atoms with van der Waals surface area (Å²) in [4.78, 5) is 1.17. The number of benzene rings is 1. The number of nitrogens with one attached hydrogen (secondary N) is 1. The van der Waals surface area contributed by atoms with Crippen LogP contribution in [0, 0.1) is 0 Å². The molecule has 0 spiro atoms. The summed E-state index contributed by atoms with van der Waals surface area (Å²) in [7, 11) is 0. The van der Waals surface area contributed by atoms with E-state index in [2.05, 4.69) is 5.32 Å². The molecule has 1 heterocycles. The van der Waals surface area contributed by atoms with Gasteiger partial charge in [-0.25, -0.2) is 0 Å². The summed E-state index contributed by atoms with van der Waals surface area (Å²) in [5.41, 5.74) is 7.61. The van der Waals surface area contributed by atoms with Gasteiger partial charge in [0.1, 0.15) is 5.75 Å². The second-order valence-corrected chi connectivity index (χ2v) is 6.24. The molecule has 3 nitrogen and oxygen atoms in total. The molecule has 2 rings (SSSR count). The summed E-state index contributed by atoms with van der Waals surface area (Å²) in [6, 6.07) is 9.65. The monoisotopic (exact) mass is 296 g/mol. The van der Waals surface area contributed by atoms with E-state index in [1.54, 1.807) is 11.3 Å². The summed E-state index contributed by atoms with van der Waals surface area (Å²) < 4.78 is 6.45. The molecule has 0 saturated heterocycles. The fraction of sp³-hybridized carbons (Fsp3) is 0.286. The Hall–Kier alpha value is -1.39. The highest BCUT2D eigenvalue weighted by Crippen LogP contribution is 2.31. The molecule has 0 radical (unpaired) electrons. The van der Waals surface area contributed by atoms with E-state index in [-0.39, 0.29) is 6.10 Å². The van der Waals surface area contributed by atoms with Crippen LogP contribution in [0.3, 0.4) is 0 Å². The van der Waals surface area contributed by atoms with E-state index in [1.807, 2.05) is 44.2 Å². The van der Waals surface area contributed by atoms with Crippen LogP contribution in [-0.2, 0) is 6.54 Å². The van der Waals surface area contributed by atoms with Gasteiger partial charge in [0, 0.05) is 11.4 Å². The second kappa shape index (κ2) is 6.17. The Labute approximate surface area is 122 Å². The van der Waals surface area contributed by atoms with Crippen LogP contribution in [0.4, 0.5) is 11.4 Å². The third-order valence-corrected chi connectivity index (χ3v) is 3.74. The number of para-hydroxylation sites is 1. The van der Waals surface area contributed by atoms with Gasteiger partial charge in [0.05, 0.1) is 21.8 Å². The van der Waals surface area contributed by atoms with Gasteiger partial charge in [-0.1, -0.05) is 17.7 Å². The molecule has 1 aromatic carbocycles. The molecule has 0 aliphatic rings. The number of rotatable bonds is 5. The minimum Gasteiger partial charge on any atom is -0.489 e. The van der Waals surface area contributed by atoms with Crippen LogP contribution in [0.5, 0.6) is 5.75 Å². The van der Waals surface area contributed by atoms with Crippen molar-refractivity contribution in [2.45, 2.75) is 26.5 Å². The van der Waals surface area contributed by atoms with Gasteiger partial charge in [-0.2, -0.15) is 0 Å². The van der Waals surface area contributed by atoms with Crippen molar-refractivity contribution in [3.63, 3.8) is 0 Å². The molecule has 0 unspecified atom stereocenters. The van der Waals surface area contributed by atoms with Gasteiger partial charge in [-0.05, 0) is 38.1 Å². The Morgan fingerprint density at radius 2 is 2.11 bits per heavy atom. The normalized spacial score (nSPS) is 10.7. The van der Waals surface area contributed by atoms with E-state index in [1.165, 1.54) is 4.88 Å². The van der Waals surface area contributed by atoms with Crippen molar-refractivity contribution in [2.75, 3.05) is 11.1 Å². The minimum absolute atomic E-state index is 0.105. The van der Waals surface area contributed by atoms with Crippen molar-refractivity contribution >= 4 is 34.3 Å². The molecule has 3 N–H and O–H groups in total. The third kappa shape index (κ3) is 3.78. The first-order chi connectivity index (χ1) is 9.06. The van der Waals surface area contributed by atoms with Gasteiger partial charge >= 0.3 is 0 Å². The number of anilines is 2. The Kier molecular flexibility index (Phi) is 4.56. The number of halogens is 1. The number of hydrogen-bond acceptors (Lipinski definition) is 4. The van der Waals surface area contributed by atoms with Crippen LogP contribution in [0.1, 0.15) is 18.7 Å². The second-order valence-electron chi connectivity index (χ2n) is 4.44. The average molecular weight is 297 g/mol. The van der Waals surface area contributed by atoms with Crippen LogP contribution in [0.2, 0.25) is 4.34 Å². The lowest BCUT2D eigenvalue weighted by Crippen LogP contribution is -2.09. The van der Waals surface area contributed by atoms with Crippen LogP contribution < -0.4 is 15.8 Å². The van der Waals surface area contributed by atoms with E-state index < -0.39 is 0 Å². The van der Waals surface area contributed by atoms with E-state index in [0.717, 1.165) is 10.0 Å². The standard InChI is InChI=1S/C14H17ClN2OS/c1-9(2)18-12-5-3-4-11(14(12)16)17-8-10-6-7-13(15)19-10/h3-7,9,17H,8,16H2,1-2H3. The van der Waals surface area contributed by atoms with Gasteiger partial charge in [-0.3, -0.25) is 0 Å². The predicted molar refractivity (Wildman–Crippen MR) is 83.3 cm³/mol. The van der Waals surface area contributed by atoms with Crippen LogP contribution in [-0.4, -0.2) is 6.10 Å². The molecular formula is C14H17ClN2OS. The van der Waals surface area contributed by atoms with Crippen molar-refractivity contribution in [2.24, 2.45) is 0 Å². The van der Waals surface area contributed by atoms with Gasteiger partial charge < -0.3 is 15.8 Å². The Morgan fingerprint density at radius 3 is 2.74 bits per heavy atom. The molecule has 0 saturated carbocycles. The zero-order valence-electron chi connectivity index (χ0n) is 10.9. The quantitative estimate of drug-likeness (QED) is 0.805. The van der Waals surface area contributed by atoms with Gasteiger partial charge in [0.25, 0.3) is 0 Å². The van der Waals surface area contributed by atoms with Crippen LogP contribution in [0.15, 0.2) is 30.3 Å². The zero-order valence-corrected chi connectivity index (χ0v) is 12.5. The number of ether oxygens (including phenoxy) is 1. The molecule has 0 atom stereocenters. The van der Waals surface area contributed by atoms with Crippen molar-refractivity contribution in [3.8, 4) is 5.75 Å². The van der Waals surface area contributed by atoms with Crippen molar-refractivity contribution in [3.05, 3.63) is 39.5 Å². The van der Waals surface area contributed by atoms with Crippen LogP contribution >= 0.6 is 22.9 Å². The SMILES string of the molecule is CC(C)Oc1cccc(NCc2ccc(Cl)s2)c1N. The predicted octanol–water partition coefficient (Wildman–Crippen LogP) is 4.38. The number of nitrogen functional groups attached to an aromatic ring is 1. The first kappa shape index (κ1) is 14.0. The molecular weight excluding hydrogens is 280 g/mol. The highest BCUT2D eigenvalue weighted by atomic mass is 35.5. The third-order valence-electron chi connectivity index (χ3n) is 2.51. The van der Waals surface area contributed by atoms with Crippen LogP contribution in [0.25, 0.3) is 0 Å². The number of hydrogen-bond donors (Lipinski definition) is 2. The Bertz CT molecular complexity index is 554. The van der Waals surface area contributed by atoms with E-state index >= 15 is 0 Å². The molecule has 5 heteroatoms. The Balaban J connectivity index is 2.08. The first-order valence-corrected chi connectivity index (χ1v) is 7.29. The largest absolute Gasteiger partial charge is 0.489 e. The van der Waals surface area contributed by atoms with Gasteiger partial charge in [0.2, 0.25) is 0 Å². The lowest BCUT2D eigenvalue weighted by molar-refractivity contribution is 0.244. The van der Waals surface area contributed by atoms with E-state index in [0.29, 0.717) is 18.0 Å². The van der Waals surface area contributed by atoms with E-state index in [9.17, 15) is 0 Å². The molecule has 0 aliphatic carbocycles. The summed E-state index contributed by atoms with van der Waals surface area (Å²) in [6.07, 6.45) is 0.105. The fourth-order valence-corrected chi connectivity index (χ4v) is 2.71. The van der Waals surface area contributed by atoms with Gasteiger partial charge in [-0.15, -0.1) is 11.3 Å². The molecule has 0 amide bonds. The maximum absolute atomic E-state index is 6.09. The zero-order chi connectivity index (χ0) is 13.8. The molecule has 0 aliphatic heterocycles. The van der Waals surface area contributed by atoms with Crippen molar-refractivity contribution < 1.29 is 4.74 Å². The molecule has 19 heavy (non-hydrogen) atoms. The average Bonchev–Trinajstić information content (AvgIpc) is 2.76. The van der Waals surface area contributed by atoms with Crippen molar-refractivity contribution in [1.82, 2.24) is 0 Å².